The fourth-order valence-corrected chi connectivity index (χ4v) is 4.16. The third-order valence-electron chi connectivity index (χ3n) is 4.48. The van der Waals surface area contributed by atoms with Gasteiger partial charge in [0.05, 0.1) is 18.8 Å². The van der Waals surface area contributed by atoms with Crippen LogP contribution in [0.5, 0.6) is 0 Å². The average Bonchev–Trinajstić information content (AvgIpc) is 2.83. The van der Waals surface area contributed by atoms with E-state index in [0.717, 1.165) is 6.42 Å². The van der Waals surface area contributed by atoms with E-state index in [2.05, 4.69) is 10.6 Å². The van der Waals surface area contributed by atoms with E-state index in [1.807, 2.05) is 0 Å². The van der Waals surface area contributed by atoms with Crippen molar-refractivity contribution in [3.8, 4) is 0 Å². The van der Waals surface area contributed by atoms with Crippen LogP contribution in [0.1, 0.15) is 31.4 Å². The Morgan fingerprint density at radius 2 is 2.35 bits per heavy atom. The molecule has 3 atom stereocenters. The fraction of sp³-hybridized carbons (Fsp3) is 0.529. The number of benzene rings is 1. The van der Waals surface area contributed by atoms with Crippen molar-refractivity contribution in [3.05, 3.63) is 29.6 Å². The Balaban J connectivity index is 1.69. The molecule has 26 heavy (non-hydrogen) atoms. The van der Waals surface area contributed by atoms with Crippen molar-refractivity contribution in [3.63, 3.8) is 0 Å². The number of amides is 2. The molecule has 2 saturated heterocycles. The maximum Gasteiger partial charge on any atom is 0.414 e. The van der Waals surface area contributed by atoms with Crippen LogP contribution in [0.2, 0.25) is 0 Å². The largest absolute Gasteiger partial charge is 0.615 e. The van der Waals surface area contributed by atoms with E-state index in [1.54, 1.807) is 12.1 Å². The maximum atomic E-state index is 14.6. The van der Waals surface area contributed by atoms with Gasteiger partial charge in [-0.05, 0) is 36.2 Å². The molecule has 0 aromatic heterocycles. The quantitative estimate of drug-likeness (QED) is 0.767. The van der Waals surface area contributed by atoms with E-state index < -0.39 is 29.2 Å². The average molecular weight is 383 g/mol. The van der Waals surface area contributed by atoms with E-state index in [-0.39, 0.29) is 25.0 Å². The second kappa shape index (κ2) is 8.24. The molecule has 2 fully saturated rings. The van der Waals surface area contributed by atoms with E-state index in [1.165, 1.54) is 17.9 Å². The Hall–Kier alpha value is -1.84. The Bertz CT molecular complexity index is 690. The van der Waals surface area contributed by atoms with Crippen molar-refractivity contribution in [2.24, 2.45) is 0 Å². The van der Waals surface area contributed by atoms with Gasteiger partial charge in [-0.2, -0.15) is 0 Å². The highest BCUT2D eigenvalue weighted by molar-refractivity contribution is 7.91. The van der Waals surface area contributed by atoms with Gasteiger partial charge in [0.2, 0.25) is 5.91 Å². The summed E-state index contributed by atoms with van der Waals surface area (Å²) in [7, 11) is 0. The third kappa shape index (κ3) is 4.46. The third-order valence-corrected chi connectivity index (χ3v) is 5.71. The van der Waals surface area contributed by atoms with Crippen molar-refractivity contribution >= 4 is 28.9 Å². The summed E-state index contributed by atoms with van der Waals surface area (Å²) in [5, 5.41) is 5.74. The fourth-order valence-electron chi connectivity index (χ4n) is 3.14. The minimum atomic E-state index is -0.912. The van der Waals surface area contributed by atoms with Crippen molar-refractivity contribution < 1.29 is 23.3 Å². The maximum absolute atomic E-state index is 14.6. The summed E-state index contributed by atoms with van der Waals surface area (Å²) in [5.41, 5.74) is 0.925. The lowest BCUT2D eigenvalue weighted by Gasteiger charge is -2.19. The number of carbonyl (C=O) groups is 2. The first-order valence-electron chi connectivity index (χ1n) is 8.54. The predicted octanol–water partition coefficient (Wildman–Crippen LogP) is 1.42. The van der Waals surface area contributed by atoms with Gasteiger partial charge in [0, 0.05) is 18.5 Å². The van der Waals surface area contributed by atoms with Crippen LogP contribution in [-0.2, 0) is 20.7 Å². The molecule has 0 spiro atoms. The molecule has 1 aromatic rings. The van der Waals surface area contributed by atoms with Crippen LogP contribution in [0.3, 0.4) is 0 Å². The van der Waals surface area contributed by atoms with Crippen LogP contribution >= 0.6 is 0 Å². The molecule has 0 bridgehead atoms. The number of nitrogens with zero attached hydrogens (tertiary/aromatic N) is 1. The summed E-state index contributed by atoms with van der Waals surface area (Å²) in [6.07, 6.45) is 0.463. The van der Waals surface area contributed by atoms with Crippen LogP contribution in [0.4, 0.5) is 14.9 Å². The zero-order valence-corrected chi connectivity index (χ0v) is 15.3. The minimum absolute atomic E-state index is 0.187. The lowest BCUT2D eigenvalue weighted by atomic mass is 10.0. The molecule has 3 unspecified atom stereocenters. The molecular formula is C17H22FN3O4S. The second-order valence-corrected chi connectivity index (χ2v) is 8.02. The number of rotatable bonds is 4. The van der Waals surface area contributed by atoms with Crippen molar-refractivity contribution in [1.82, 2.24) is 10.6 Å². The van der Waals surface area contributed by atoms with Gasteiger partial charge in [-0.1, -0.05) is 6.07 Å². The molecule has 0 aliphatic carbocycles. The second-order valence-electron chi connectivity index (χ2n) is 6.45. The summed E-state index contributed by atoms with van der Waals surface area (Å²) >= 11 is -0.912. The molecule has 2 amide bonds. The first kappa shape index (κ1) is 18.9. The molecule has 142 valence electrons. The Morgan fingerprint density at radius 1 is 1.54 bits per heavy atom. The number of halogens is 1. The van der Waals surface area contributed by atoms with Gasteiger partial charge in [-0.15, -0.1) is 0 Å². The van der Waals surface area contributed by atoms with Gasteiger partial charge in [0.15, 0.2) is 5.88 Å². The summed E-state index contributed by atoms with van der Waals surface area (Å²) in [6.45, 7) is 1.86. The number of cyclic esters (lactones) is 1. The number of ether oxygens (including phenoxy) is 1. The smallest absolute Gasteiger partial charge is 0.414 e. The first-order chi connectivity index (χ1) is 12.4. The van der Waals surface area contributed by atoms with E-state index in [0.29, 0.717) is 29.3 Å². The molecule has 0 saturated carbocycles. The molecule has 2 heterocycles. The monoisotopic (exact) mass is 383 g/mol. The number of hydrogen-bond acceptors (Lipinski definition) is 5. The predicted molar refractivity (Wildman–Crippen MR) is 95.7 cm³/mol. The van der Waals surface area contributed by atoms with Crippen molar-refractivity contribution in [2.75, 3.05) is 29.6 Å². The zero-order chi connectivity index (χ0) is 18.7. The highest BCUT2D eigenvalue weighted by Gasteiger charge is 2.33. The minimum Gasteiger partial charge on any atom is -0.615 e. The summed E-state index contributed by atoms with van der Waals surface area (Å²) in [6, 6.07) is 4.48. The molecule has 7 nitrogen and oxygen atoms in total. The van der Waals surface area contributed by atoms with E-state index in [4.69, 9.17) is 4.74 Å². The molecule has 3 rings (SSSR count). The molecule has 2 N–H and O–H groups in total. The van der Waals surface area contributed by atoms with Gasteiger partial charge in [-0.3, -0.25) is 15.0 Å². The van der Waals surface area contributed by atoms with Gasteiger partial charge in [0.25, 0.3) is 0 Å². The first-order valence-corrected chi connectivity index (χ1v) is 10.0. The standard InChI is InChI=1S/C17H22FN3O4S/c1-11(22)19-8-13-9-21(17(23)25-13)12-4-5-14(15(18)7-12)16-3-2-6-26(24)10-20-16/h4-5,7,13,16,20H,2-3,6,8-10H2,1H3,(H,19,22). The molecule has 0 radical (unpaired) electrons. The molecular weight excluding hydrogens is 361 g/mol. The molecule has 1 aromatic carbocycles. The lowest BCUT2D eigenvalue weighted by molar-refractivity contribution is -0.119. The van der Waals surface area contributed by atoms with Gasteiger partial charge in [-0.25, -0.2) is 9.18 Å². The van der Waals surface area contributed by atoms with Gasteiger partial charge >= 0.3 is 6.09 Å². The molecule has 2 aliphatic heterocycles. The Morgan fingerprint density at radius 3 is 3.08 bits per heavy atom. The molecule has 9 heteroatoms. The van der Waals surface area contributed by atoms with E-state index >= 15 is 0 Å². The summed E-state index contributed by atoms with van der Waals surface area (Å²) in [5.74, 6) is 0.366. The van der Waals surface area contributed by atoms with E-state index in [9.17, 15) is 18.5 Å². The van der Waals surface area contributed by atoms with Gasteiger partial charge < -0.3 is 14.6 Å². The Kier molecular flexibility index (Phi) is 6.00. The van der Waals surface area contributed by atoms with Crippen LogP contribution in [0, 0.1) is 5.82 Å². The van der Waals surface area contributed by atoms with Crippen LogP contribution < -0.4 is 15.5 Å². The zero-order valence-electron chi connectivity index (χ0n) is 14.5. The summed E-state index contributed by atoms with van der Waals surface area (Å²) < 4.78 is 31.4. The number of carbonyl (C=O) groups excluding carboxylic acids is 2. The topological polar surface area (TPSA) is 93.7 Å². The van der Waals surface area contributed by atoms with Crippen molar-refractivity contribution in [1.29, 1.82) is 0 Å². The van der Waals surface area contributed by atoms with Crippen LogP contribution in [0.15, 0.2) is 18.2 Å². The molecule has 2 aliphatic rings. The number of nitrogens with one attached hydrogen (secondary N) is 2. The van der Waals surface area contributed by atoms with Gasteiger partial charge in [0.1, 0.15) is 17.7 Å². The number of anilines is 1. The highest BCUT2D eigenvalue weighted by atomic mass is 32.2. The summed E-state index contributed by atoms with van der Waals surface area (Å²) in [4.78, 5) is 24.4. The highest BCUT2D eigenvalue weighted by Crippen LogP contribution is 2.29. The SMILES string of the molecule is CC(=O)NCC1CN(c2ccc(C3CCC[S+]([O-])CN3)c(F)c2)C(=O)O1. The normalized spacial score (nSPS) is 26.3. The van der Waals surface area contributed by atoms with Crippen molar-refractivity contribution in [2.45, 2.75) is 31.9 Å². The number of hydrogen-bond donors (Lipinski definition) is 2. The lowest BCUT2D eigenvalue weighted by Crippen LogP contribution is -2.33. The Labute approximate surface area is 154 Å². The van der Waals surface area contributed by atoms with Crippen LogP contribution in [-0.4, -0.2) is 47.4 Å². The van der Waals surface area contributed by atoms with Crippen LogP contribution in [0.25, 0.3) is 0 Å².